The third kappa shape index (κ3) is 2.77. The van der Waals surface area contributed by atoms with Gasteiger partial charge in [-0.05, 0) is 35.4 Å². The van der Waals surface area contributed by atoms with Gasteiger partial charge in [-0.15, -0.1) is 0 Å². The molecule has 4 rings (SSSR count). The van der Waals surface area contributed by atoms with Crippen molar-refractivity contribution >= 4 is 23.2 Å². The van der Waals surface area contributed by atoms with Crippen LogP contribution in [-0.2, 0) is 23.4 Å². The Kier molecular flexibility index (Phi) is 4.23. The van der Waals surface area contributed by atoms with Gasteiger partial charge in [0.15, 0.2) is 5.60 Å². The molecule has 0 saturated heterocycles. The lowest BCUT2D eigenvalue weighted by Gasteiger charge is -2.23. The number of pyridine rings is 1. The summed E-state index contributed by atoms with van der Waals surface area (Å²) in [7, 11) is 0. The van der Waals surface area contributed by atoms with Gasteiger partial charge in [-0.3, -0.25) is 9.78 Å². The first-order chi connectivity index (χ1) is 12.6. The summed E-state index contributed by atoms with van der Waals surface area (Å²) in [4.78, 5) is 18.8. The number of rotatable bonds is 4. The zero-order valence-corrected chi connectivity index (χ0v) is 14.7. The molecule has 1 amide bonds. The number of nitrogens with zero attached hydrogens (tertiary/aromatic N) is 2. The summed E-state index contributed by atoms with van der Waals surface area (Å²) in [5.41, 5.74) is 1.43. The Balaban J connectivity index is 1.74. The number of fused-ring (bicyclic) bond motifs is 1. The molecular formula is C21H17ClN2O2. The summed E-state index contributed by atoms with van der Waals surface area (Å²) in [5.74, 6) is -0.338. The van der Waals surface area contributed by atoms with E-state index in [2.05, 4.69) is 4.98 Å². The Labute approximate surface area is 156 Å². The van der Waals surface area contributed by atoms with Crippen molar-refractivity contribution in [3.8, 4) is 0 Å². The second kappa shape index (κ2) is 6.56. The lowest BCUT2D eigenvalue weighted by Crippen LogP contribution is -2.41. The average molecular weight is 365 g/mol. The first-order valence-electron chi connectivity index (χ1n) is 8.36. The SMILES string of the molecule is O=C1N(Cc2ccccc2Cl)c2ccccc2[C@@]1(O)Cc1ccncc1. The third-order valence-electron chi connectivity index (χ3n) is 4.73. The van der Waals surface area contributed by atoms with Crippen LogP contribution in [0.2, 0.25) is 5.02 Å². The van der Waals surface area contributed by atoms with Crippen LogP contribution in [0.15, 0.2) is 73.1 Å². The molecule has 1 atom stereocenters. The molecule has 26 heavy (non-hydrogen) atoms. The van der Waals surface area contributed by atoms with Crippen molar-refractivity contribution in [3.05, 3.63) is 94.8 Å². The minimum Gasteiger partial charge on any atom is -0.375 e. The molecule has 2 heterocycles. The first kappa shape index (κ1) is 16.8. The van der Waals surface area contributed by atoms with Crippen molar-refractivity contribution in [2.45, 2.75) is 18.6 Å². The van der Waals surface area contributed by atoms with Gasteiger partial charge in [0.1, 0.15) is 0 Å². The van der Waals surface area contributed by atoms with Gasteiger partial charge in [0.05, 0.1) is 12.2 Å². The van der Waals surface area contributed by atoms with Gasteiger partial charge in [0.2, 0.25) is 0 Å². The van der Waals surface area contributed by atoms with E-state index in [1.165, 1.54) is 0 Å². The molecule has 1 N–H and O–H groups in total. The number of carbonyl (C=O) groups excluding carboxylic acids is 1. The number of aliphatic hydroxyl groups is 1. The maximum atomic E-state index is 13.2. The number of amides is 1. The normalized spacial score (nSPS) is 18.8. The van der Waals surface area contributed by atoms with Crippen molar-refractivity contribution in [1.29, 1.82) is 0 Å². The average Bonchev–Trinajstić information content (AvgIpc) is 2.86. The maximum Gasteiger partial charge on any atom is 0.264 e. The molecule has 0 aliphatic carbocycles. The van der Waals surface area contributed by atoms with Gasteiger partial charge in [-0.1, -0.05) is 48.0 Å². The van der Waals surface area contributed by atoms with E-state index in [0.29, 0.717) is 22.8 Å². The monoisotopic (exact) mass is 364 g/mol. The molecule has 1 aliphatic heterocycles. The van der Waals surface area contributed by atoms with Gasteiger partial charge >= 0.3 is 0 Å². The Morgan fingerprint density at radius 3 is 2.46 bits per heavy atom. The van der Waals surface area contributed by atoms with E-state index in [1.54, 1.807) is 29.4 Å². The molecule has 3 aromatic rings. The molecule has 1 aliphatic rings. The van der Waals surface area contributed by atoms with Crippen LogP contribution >= 0.6 is 11.6 Å². The standard InChI is InChI=1S/C21H17ClN2O2/c22-18-7-3-1-5-16(18)14-24-19-8-4-2-6-17(19)21(26,20(24)25)13-15-9-11-23-12-10-15/h1-12,26H,13-14H2/t21-/m0/s1. The third-order valence-corrected chi connectivity index (χ3v) is 5.10. The highest BCUT2D eigenvalue weighted by Crippen LogP contribution is 2.43. The highest BCUT2D eigenvalue weighted by Gasteiger charge is 2.49. The van der Waals surface area contributed by atoms with E-state index < -0.39 is 5.60 Å². The molecule has 1 aromatic heterocycles. The van der Waals surface area contributed by atoms with Crippen LogP contribution < -0.4 is 4.90 Å². The van der Waals surface area contributed by atoms with Gasteiger partial charge in [-0.2, -0.15) is 0 Å². The number of para-hydroxylation sites is 1. The summed E-state index contributed by atoms with van der Waals surface area (Å²) < 4.78 is 0. The molecule has 5 heteroatoms. The van der Waals surface area contributed by atoms with Crippen molar-refractivity contribution < 1.29 is 9.90 Å². The topological polar surface area (TPSA) is 53.4 Å². The Morgan fingerprint density at radius 2 is 1.69 bits per heavy atom. The van der Waals surface area contributed by atoms with Gasteiger partial charge in [0, 0.05) is 29.4 Å². The smallest absolute Gasteiger partial charge is 0.264 e. The molecule has 0 fully saturated rings. The van der Waals surface area contributed by atoms with Crippen LogP contribution in [0.5, 0.6) is 0 Å². The summed E-state index contributed by atoms with van der Waals surface area (Å²) in [6.07, 6.45) is 3.52. The van der Waals surface area contributed by atoms with Crippen LogP contribution in [0.3, 0.4) is 0 Å². The number of hydrogen-bond donors (Lipinski definition) is 1. The van der Waals surface area contributed by atoms with E-state index in [0.717, 1.165) is 11.1 Å². The van der Waals surface area contributed by atoms with Crippen LogP contribution in [0, 0.1) is 0 Å². The summed E-state index contributed by atoms with van der Waals surface area (Å²) in [6, 6.07) is 18.4. The maximum absolute atomic E-state index is 13.2. The zero-order valence-electron chi connectivity index (χ0n) is 14.0. The zero-order chi connectivity index (χ0) is 18.1. The molecule has 0 radical (unpaired) electrons. The number of aromatic nitrogens is 1. The van der Waals surface area contributed by atoms with Gasteiger partial charge < -0.3 is 10.0 Å². The molecule has 2 aromatic carbocycles. The fourth-order valence-corrected chi connectivity index (χ4v) is 3.62. The molecule has 130 valence electrons. The minimum absolute atomic E-state index is 0.199. The highest BCUT2D eigenvalue weighted by molar-refractivity contribution is 6.31. The molecule has 4 nitrogen and oxygen atoms in total. The summed E-state index contributed by atoms with van der Waals surface area (Å²) in [5, 5.41) is 11.9. The van der Waals surface area contributed by atoms with E-state index in [9.17, 15) is 9.90 Å². The van der Waals surface area contributed by atoms with Crippen LogP contribution in [-0.4, -0.2) is 16.0 Å². The highest BCUT2D eigenvalue weighted by atomic mass is 35.5. The fourth-order valence-electron chi connectivity index (χ4n) is 3.43. The van der Waals surface area contributed by atoms with Crippen molar-refractivity contribution in [2.75, 3.05) is 4.90 Å². The van der Waals surface area contributed by atoms with Crippen molar-refractivity contribution in [2.24, 2.45) is 0 Å². The van der Waals surface area contributed by atoms with Crippen LogP contribution in [0.4, 0.5) is 5.69 Å². The lowest BCUT2D eigenvalue weighted by atomic mass is 9.89. The second-order valence-corrected chi connectivity index (χ2v) is 6.80. The number of benzene rings is 2. The number of hydrogen-bond acceptors (Lipinski definition) is 3. The molecular weight excluding hydrogens is 348 g/mol. The molecule has 0 saturated carbocycles. The summed E-state index contributed by atoms with van der Waals surface area (Å²) in [6.45, 7) is 0.314. The summed E-state index contributed by atoms with van der Waals surface area (Å²) >= 11 is 6.27. The minimum atomic E-state index is -1.60. The number of carbonyl (C=O) groups is 1. The van der Waals surface area contributed by atoms with Gasteiger partial charge in [0.25, 0.3) is 5.91 Å². The Hall–Kier alpha value is -2.69. The number of anilines is 1. The van der Waals surface area contributed by atoms with E-state index in [1.807, 2.05) is 48.5 Å². The predicted octanol–water partition coefficient (Wildman–Crippen LogP) is 3.71. The van der Waals surface area contributed by atoms with E-state index in [-0.39, 0.29) is 12.3 Å². The fraction of sp³-hybridized carbons (Fsp3) is 0.143. The van der Waals surface area contributed by atoms with Crippen LogP contribution in [0.1, 0.15) is 16.7 Å². The Bertz CT molecular complexity index is 961. The first-order valence-corrected chi connectivity index (χ1v) is 8.73. The van der Waals surface area contributed by atoms with E-state index in [4.69, 9.17) is 11.6 Å². The largest absolute Gasteiger partial charge is 0.375 e. The van der Waals surface area contributed by atoms with Crippen molar-refractivity contribution in [1.82, 2.24) is 4.98 Å². The number of halogens is 1. The lowest BCUT2D eigenvalue weighted by molar-refractivity contribution is -0.136. The van der Waals surface area contributed by atoms with E-state index >= 15 is 0 Å². The second-order valence-electron chi connectivity index (χ2n) is 6.39. The van der Waals surface area contributed by atoms with Crippen molar-refractivity contribution in [3.63, 3.8) is 0 Å². The van der Waals surface area contributed by atoms with Crippen LogP contribution in [0.25, 0.3) is 0 Å². The molecule has 0 unspecified atom stereocenters. The van der Waals surface area contributed by atoms with Gasteiger partial charge in [-0.25, -0.2) is 0 Å². The Morgan fingerprint density at radius 1 is 1.00 bits per heavy atom. The molecule has 0 spiro atoms. The quantitative estimate of drug-likeness (QED) is 0.767. The predicted molar refractivity (Wildman–Crippen MR) is 101 cm³/mol. The molecule has 0 bridgehead atoms.